The normalized spacial score (nSPS) is 12.0. The average molecular weight is 407 g/mol. The number of fused-ring (bicyclic) bond motifs is 2. The Balaban J connectivity index is 0.00000256. The van der Waals surface area contributed by atoms with Crippen LogP contribution in [-0.2, 0) is 0 Å². The molecule has 30 heavy (non-hydrogen) atoms. The van der Waals surface area contributed by atoms with Crippen LogP contribution in [0.15, 0.2) is 72.8 Å². The molecule has 0 atom stereocenters. The number of hydrogen-bond acceptors (Lipinski definition) is 2. The Morgan fingerprint density at radius 2 is 1.20 bits per heavy atom. The van der Waals surface area contributed by atoms with E-state index >= 15 is 0 Å². The van der Waals surface area contributed by atoms with E-state index in [0.717, 1.165) is 38.4 Å². The molecule has 0 unspecified atom stereocenters. The van der Waals surface area contributed by atoms with Crippen LogP contribution in [0, 0.1) is 0 Å². The summed E-state index contributed by atoms with van der Waals surface area (Å²) in [7, 11) is -2.08. The van der Waals surface area contributed by atoms with Crippen LogP contribution >= 0.6 is 0 Å². The van der Waals surface area contributed by atoms with Crippen molar-refractivity contribution in [1.82, 2.24) is 0 Å². The summed E-state index contributed by atoms with van der Waals surface area (Å²) in [6.45, 7) is 11.2. The first-order chi connectivity index (χ1) is 13.7. The van der Waals surface area contributed by atoms with Crippen LogP contribution in [0.4, 0.5) is 0 Å². The van der Waals surface area contributed by atoms with Gasteiger partial charge in [-0.3, -0.25) is 0 Å². The van der Waals surface area contributed by atoms with Crippen LogP contribution in [0.3, 0.4) is 0 Å². The van der Waals surface area contributed by atoms with Crippen molar-refractivity contribution < 1.29 is 28.4 Å². The molecule has 0 aromatic heterocycles. The molecule has 0 bridgehead atoms. The van der Waals surface area contributed by atoms with Crippen LogP contribution < -0.4 is 28.4 Å². The average Bonchev–Trinajstić information content (AvgIpc) is 2.67. The largest absolute Gasteiger partial charge is 1.00 e. The van der Waals surface area contributed by atoms with E-state index in [-0.39, 0.29) is 29.6 Å². The van der Waals surface area contributed by atoms with E-state index in [1.807, 2.05) is 42.5 Å². The van der Waals surface area contributed by atoms with Crippen molar-refractivity contribution in [2.24, 2.45) is 0 Å². The summed E-state index contributed by atoms with van der Waals surface area (Å²) in [5.41, 5.74) is 1.64. The fourth-order valence-corrected chi connectivity index (χ4v) is 4.56. The Morgan fingerprint density at radius 3 is 1.77 bits per heavy atom. The fraction of sp³-hybridized carbons (Fsp3) is 0.231. The van der Waals surface area contributed by atoms with Gasteiger partial charge in [0.05, 0.1) is 0 Å². The second-order valence-electron chi connectivity index (χ2n) is 9.18. The minimum absolute atomic E-state index is 0. The maximum Gasteiger partial charge on any atom is 1.00 e. The molecule has 4 heteroatoms. The van der Waals surface area contributed by atoms with Gasteiger partial charge in [0.25, 0.3) is 8.32 Å². The van der Waals surface area contributed by atoms with E-state index in [2.05, 4.69) is 58.1 Å². The molecular formula is C26H27LiO2Si. The summed E-state index contributed by atoms with van der Waals surface area (Å²) in [4.78, 5) is 0. The number of benzene rings is 4. The molecule has 0 heterocycles. The third-order valence-electron chi connectivity index (χ3n) is 6.20. The molecule has 0 fully saturated rings. The van der Waals surface area contributed by atoms with Crippen LogP contribution in [0.2, 0.25) is 18.1 Å². The molecule has 0 N–H and O–H groups in total. The zero-order valence-electron chi connectivity index (χ0n) is 18.7. The molecule has 2 nitrogen and oxygen atoms in total. The molecule has 4 rings (SSSR count). The summed E-state index contributed by atoms with van der Waals surface area (Å²) in [5.74, 6) is 0.837. The molecule has 4 aromatic carbocycles. The Kier molecular flexibility index (Phi) is 6.11. The van der Waals surface area contributed by atoms with Crippen molar-refractivity contribution in [3.63, 3.8) is 0 Å². The van der Waals surface area contributed by atoms with Crippen LogP contribution in [0.1, 0.15) is 20.8 Å². The predicted molar refractivity (Wildman–Crippen MR) is 124 cm³/mol. The summed E-state index contributed by atoms with van der Waals surface area (Å²) >= 11 is 0. The summed E-state index contributed by atoms with van der Waals surface area (Å²) in [6, 6.07) is 24.0. The second-order valence-corrected chi connectivity index (χ2v) is 13.9. The zero-order valence-corrected chi connectivity index (χ0v) is 19.7. The van der Waals surface area contributed by atoms with Crippen molar-refractivity contribution in [3.8, 4) is 22.6 Å². The summed E-state index contributed by atoms with van der Waals surface area (Å²) in [5, 5.41) is 17.4. The minimum Gasteiger partial charge on any atom is -0.872 e. The number of rotatable bonds is 3. The van der Waals surface area contributed by atoms with E-state index in [0.29, 0.717) is 0 Å². The van der Waals surface area contributed by atoms with Crippen molar-refractivity contribution >= 4 is 29.9 Å². The van der Waals surface area contributed by atoms with Gasteiger partial charge in [-0.2, -0.15) is 0 Å². The standard InChI is InChI=1S/C26H28O2Si.Li/c1-26(2,3)29(4,5)28-23-17-15-19-11-7-9-13-21(19)25(23)24-20-12-8-6-10-18(20)14-16-22(24)27;/h6-17,27H,1-5H3;/q;+1/p-1. The first kappa shape index (κ1) is 22.5. The zero-order chi connectivity index (χ0) is 20.8. The monoisotopic (exact) mass is 406 g/mol. The van der Waals surface area contributed by atoms with Gasteiger partial charge in [0.2, 0.25) is 0 Å². The van der Waals surface area contributed by atoms with Crippen LogP contribution in [-0.4, -0.2) is 8.32 Å². The molecular weight excluding hydrogens is 379 g/mol. The van der Waals surface area contributed by atoms with Gasteiger partial charge in [-0.1, -0.05) is 87.5 Å². The number of hydrogen-bond donors (Lipinski definition) is 0. The Morgan fingerprint density at radius 1 is 0.700 bits per heavy atom. The van der Waals surface area contributed by atoms with Crippen LogP contribution in [0.25, 0.3) is 32.7 Å². The van der Waals surface area contributed by atoms with Gasteiger partial charge < -0.3 is 9.53 Å². The van der Waals surface area contributed by atoms with E-state index in [4.69, 9.17) is 4.43 Å². The fourth-order valence-electron chi connectivity index (χ4n) is 3.53. The molecule has 0 aliphatic rings. The van der Waals surface area contributed by atoms with Gasteiger partial charge in [0, 0.05) is 5.56 Å². The predicted octanol–water partition coefficient (Wildman–Crippen LogP) is 4.12. The Bertz CT molecular complexity index is 1210. The van der Waals surface area contributed by atoms with Gasteiger partial charge in [-0.15, -0.1) is 5.75 Å². The van der Waals surface area contributed by atoms with E-state index in [9.17, 15) is 5.11 Å². The van der Waals surface area contributed by atoms with Gasteiger partial charge >= 0.3 is 18.9 Å². The van der Waals surface area contributed by atoms with E-state index in [1.54, 1.807) is 6.07 Å². The smallest absolute Gasteiger partial charge is 0.872 e. The third-order valence-corrected chi connectivity index (χ3v) is 10.5. The van der Waals surface area contributed by atoms with Gasteiger partial charge in [0.15, 0.2) is 0 Å². The Labute approximate surface area is 192 Å². The Hall–Kier alpha value is -2.19. The molecule has 0 aliphatic heterocycles. The van der Waals surface area contributed by atoms with E-state index < -0.39 is 8.32 Å². The third kappa shape index (κ3) is 3.90. The summed E-state index contributed by atoms with van der Waals surface area (Å²) in [6.07, 6.45) is 0. The van der Waals surface area contributed by atoms with Gasteiger partial charge in [-0.05, 0) is 51.3 Å². The maximum absolute atomic E-state index is 13.1. The molecule has 0 amide bonds. The van der Waals surface area contributed by atoms with Gasteiger partial charge in [0.1, 0.15) is 5.75 Å². The quantitative estimate of drug-likeness (QED) is 0.480. The van der Waals surface area contributed by atoms with Crippen molar-refractivity contribution in [3.05, 3.63) is 72.8 Å². The van der Waals surface area contributed by atoms with Crippen molar-refractivity contribution in [2.75, 3.05) is 0 Å². The molecule has 4 aromatic rings. The maximum atomic E-state index is 13.1. The molecule has 0 radical (unpaired) electrons. The molecule has 148 valence electrons. The van der Waals surface area contributed by atoms with Gasteiger partial charge in [-0.25, -0.2) is 0 Å². The van der Waals surface area contributed by atoms with Crippen LogP contribution in [0.5, 0.6) is 11.5 Å². The first-order valence-electron chi connectivity index (χ1n) is 10.1. The van der Waals surface area contributed by atoms with Crippen molar-refractivity contribution in [1.29, 1.82) is 0 Å². The van der Waals surface area contributed by atoms with Crippen molar-refractivity contribution in [2.45, 2.75) is 38.9 Å². The minimum atomic E-state index is -2.08. The topological polar surface area (TPSA) is 32.3 Å². The molecule has 0 aliphatic carbocycles. The van der Waals surface area contributed by atoms with E-state index in [1.165, 1.54) is 0 Å². The SMILES string of the molecule is CC(C)(C)[Si](C)(C)Oc1ccc2ccccc2c1-c1c([O-])ccc2ccccc12.[Li+]. The summed E-state index contributed by atoms with van der Waals surface area (Å²) < 4.78 is 6.76. The molecule has 0 spiro atoms. The molecule has 0 saturated heterocycles. The molecule has 0 saturated carbocycles. The second kappa shape index (κ2) is 8.15. The first-order valence-corrected chi connectivity index (χ1v) is 13.0.